The maximum Gasteiger partial charge on any atom is 0.251 e. The highest BCUT2D eigenvalue weighted by atomic mass is 16.2. The average Bonchev–Trinajstić information content (AvgIpc) is 2.47. The summed E-state index contributed by atoms with van der Waals surface area (Å²) in [5.74, 6) is -0.667. The van der Waals surface area contributed by atoms with Crippen molar-refractivity contribution in [2.75, 3.05) is 32.0 Å². The highest BCUT2D eigenvalue weighted by Gasteiger charge is 2.07. The molecule has 4 N–H and O–H groups in total. The van der Waals surface area contributed by atoms with Crippen LogP contribution in [0.15, 0.2) is 24.3 Å². The Morgan fingerprint density at radius 2 is 1.81 bits per heavy atom. The Labute approximate surface area is 123 Å². The minimum absolute atomic E-state index is 0.0127. The number of rotatable bonds is 7. The number of benzene rings is 1. The second-order valence-corrected chi connectivity index (χ2v) is 4.27. The number of hydrogen-bond acceptors (Lipinski definition) is 4. The van der Waals surface area contributed by atoms with Crippen molar-refractivity contribution in [3.8, 4) is 0 Å². The molecule has 0 atom stereocenters. The smallest absolute Gasteiger partial charge is 0.251 e. The summed E-state index contributed by atoms with van der Waals surface area (Å²) in [7, 11) is 1.52. The fourth-order valence-corrected chi connectivity index (χ4v) is 1.58. The molecule has 0 saturated heterocycles. The predicted molar refractivity (Wildman–Crippen MR) is 80.0 cm³/mol. The summed E-state index contributed by atoms with van der Waals surface area (Å²) < 4.78 is 0. The zero-order valence-corrected chi connectivity index (χ0v) is 12.2. The number of nitrogens with one attached hydrogen (secondary N) is 4. The molecule has 21 heavy (non-hydrogen) atoms. The van der Waals surface area contributed by atoms with Crippen LogP contribution in [0.2, 0.25) is 0 Å². The van der Waals surface area contributed by atoms with E-state index in [-0.39, 0.29) is 30.8 Å². The van der Waals surface area contributed by atoms with Gasteiger partial charge in [0.2, 0.25) is 11.8 Å². The van der Waals surface area contributed by atoms with Crippen molar-refractivity contribution in [2.45, 2.75) is 6.92 Å². The molecule has 0 fully saturated rings. The molecule has 0 spiro atoms. The molecule has 1 rings (SSSR count). The monoisotopic (exact) mass is 292 g/mol. The molecule has 1 aromatic carbocycles. The summed E-state index contributed by atoms with van der Waals surface area (Å²) in [6.45, 7) is 2.46. The summed E-state index contributed by atoms with van der Waals surface area (Å²) in [6.07, 6.45) is 0. The van der Waals surface area contributed by atoms with E-state index in [1.807, 2.05) is 6.92 Å². The third-order valence-electron chi connectivity index (χ3n) is 2.60. The van der Waals surface area contributed by atoms with Gasteiger partial charge in [-0.3, -0.25) is 19.7 Å². The fraction of sp³-hybridized carbons (Fsp3) is 0.357. The summed E-state index contributed by atoms with van der Waals surface area (Å²) in [5.41, 5.74) is 1.01. The van der Waals surface area contributed by atoms with Crippen LogP contribution in [-0.4, -0.2) is 44.4 Å². The van der Waals surface area contributed by atoms with Gasteiger partial charge in [-0.2, -0.15) is 0 Å². The van der Waals surface area contributed by atoms with Crippen LogP contribution >= 0.6 is 0 Å². The van der Waals surface area contributed by atoms with Gasteiger partial charge >= 0.3 is 0 Å². The van der Waals surface area contributed by atoms with Crippen molar-refractivity contribution >= 4 is 23.4 Å². The molecule has 0 saturated carbocycles. The molecule has 0 heterocycles. The quantitative estimate of drug-likeness (QED) is 0.555. The molecule has 0 aliphatic rings. The lowest BCUT2D eigenvalue weighted by molar-refractivity contribution is -0.120. The first kappa shape index (κ1) is 16.6. The molecule has 0 aliphatic heterocycles. The lowest BCUT2D eigenvalue weighted by Crippen LogP contribution is -2.36. The summed E-state index contributed by atoms with van der Waals surface area (Å²) in [6, 6.07) is 6.66. The van der Waals surface area contributed by atoms with E-state index in [0.717, 1.165) is 0 Å². The van der Waals surface area contributed by atoms with E-state index in [4.69, 9.17) is 0 Å². The third kappa shape index (κ3) is 6.05. The molecule has 0 unspecified atom stereocenters. The largest absolute Gasteiger partial charge is 0.358 e. The molecule has 0 bridgehead atoms. The second kappa shape index (κ2) is 8.70. The zero-order valence-electron chi connectivity index (χ0n) is 12.2. The van der Waals surface area contributed by atoms with Crippen molar-refractivity contribution in [1.29, 1.82) is 0 Å². The second-order valence-electron chi connectivity index (χ2n) is 4.27. The van der Waals surface area contributed by atoms with E-state index in [1.165, 1.54) is 7.05 Å². The number of carbonyl (C=O) groups excluding carboxylic acids is 3. The fourth-order valence-electron chi connectivity index (χ4n) is 1.58. The van der Waals surface area contributed by atoms with Gasteiger partial charge < -0.3 is 16.0 Å². The van der Waals surface area contributed by atoms with Crippen molar-refractivity contribution in [3.05, 3.63) is 29.8 Å². The Kier molecular flexibility index (Phi) is 6.90. The molecular weight excluding hydrogens is 272 g/mol. The predicted octanol–water partition coefficient (Wildman–Crippen LogP) is -0.290. The van der Waals surface area contributed by atoms with E-state index >= 15 is 0 Å². The first-order valence-corrected chi connectivity index (χ1v) is 6.66. The minimum atomic E-state index is -0.285. The van der Waals surface area contributed by atoms with Crippen LogP contribution in [0.3, 0.4) is 0 Å². The normalized spacial score (nSPS) is 9.81. The van der Waals surface area contributed by atoms with Crippen molar-refractivity contribution in [2.24, 2.45) is 0 Å². The zero-order chi connectivity index (χ0) is 15.7. The molecule has 0 aromatic heterocycles. The van der Waals surface area contributed by atoms with Gasteiger partial charge in [0.1, 0.15) is 0 Å². The van der Waals surface area contributed by atoms with Crippen LogP contribution in [0.5, 0.6) is 0 Å². The number of amides is 3. The van der Waals surface area contributed by atoms with Gasteiger partial charge in [-0.15, -0.1) is 0 Å². The highest BCUT2D eigenvalue weighted by molar-refractivity contribution is 5.97. The molecule has 0 radical (unpaired) electrons. The van der Waals surface area contributed by atoms with Crippen LogP contribution in [0.4, 0.5) is 5.69 Å². The number of anilines is 1. The van der Waals surface area contributed by atoms with Crippen molar-refractivity contribution in [3.63, 3.8) is 0 Å². The van der Waals surface area contributed by atoms with Crippen molar-refractivity contribution < 1.29 is 14.4 Å². The third-order valence-corrected chi connectivity index (χ3v) is 2.60. The van der Waals surface area contributed by atoms with E-state index < -0.39 is 0 Å². The standard InChI is InChI=1S/C14H20N4O3/c1-3-17-14(21)10-5-4-6-11(7-10)18-13(20)9-16-8-12(19)15-2/h4-7,16H,3,8-9H2,1-2H3,(H,15,19)(H,17,21)(H,18,20). The van der Waals surface area contributed by atoms with Crippen LogP contribution < -0.4 is 21.3 Å². The van der Waals surface area contributed by atoms with Gasteiger partial charge in [-0.25, -0.2) is 0 Å². The molecule has 3 amide bonds. The summed E-state index contributed by atoms with van der Waals surface area (Å²) in [4.78, 5) is 34.3. The Morgan fingerprint density at radius 1 is 1.10 bits per heavy atom. The minimum Gasteiger partial charge on any atom is -0.358 e. The van der Waals surface area contributed by atoms with Crippen LogP contribution in [-0.2, 0) is 9.59 Å². The van der Waals surface area contributed by atoms with Crippen LogP contribution in [0.1, 0.15) is 17.3 Å². The molecular formula is C14H20N4O3. The van der Waals surface area contributed by atoms with E-state index in [2.05, 4.69) is 21.3 Å². The molecule has 7 heteroatoms. The molecule has 0 aliphatic carbocycles. The van der Waals surface area contributed by atoms with Crippen LogP contribution in [0, 0.1) is 0 Å². The van der Waals surface area contributed by atoms with E-state index in [0.29, 0.717) is 17.8 Å². The lowest BCUT2D eigenvalue weighted by atomic mass is 10.2. The molecule has 1 aromatic rings. The number of carbonyl (C=O) groups is 3. The summed E-state index contributed by atoms with van der Waals surface area (Å²) >= 11 is 0. The van der Waals surface area contributed by atoms with Gasteiger partial charge in [0.25, 0.3) is 5.91 Å². The van der Waals surface area contributed by atoms with Gasteiger partial charge in [-0.1, -0.05) is 6.07 Å². The number of likely N-dealkylation sites (N-methyl/N-ethyl adjacent to an activating group) is 1. The molecule has 7 nitrogen and oxygen atoms in total. The Bertz CT molecular complexity index is 517. The number of hydrogen-bond donors (Lipinski definition) is 4. The van der Waals surface area contributed by atoms with Gasteiger partial charge in [0.15, 0.2) is 0 Å². The Morgan fingerprint density at radius 3 is 2.48 bits per heavy atom. The Hall–Kier alpha value is -2.41. The maximum atomic E-state index is 11.7. The highest BCUT2D eigenvalue weighted by Crippen LogP contribution is 2.10. The first-order valence-electron chi connectivity index (χ1n) is 6.66. The van der Waals surface area contributed by atoms with Crippen LogP contribution in [0.25, 0.3) is 0 Å². The van der Waals surface area contributed by atoms with Gasteiger partial charge in [-0.05, 0) is 25.1 Å². The topological polar surface area (TPSA) is 99.3 Å². The SMILES string of the molecule is CCNC(=O)c1cccc(NC(=O)CNCC(=O)NC)c1. The van der Waals surface area contributed by atoms with Gasteiger partial charge in [0, 0.05) is 24.8 Å². The average molecular weight is 292 g/mol. The van der Waals surface area contributed by atoms with E-state index in [1.54, 1.807) is 24.3 Å². The Balaban J connectivity index is 2.50. The van der Waals surface area contributed by atoms with Gasteiger partial charge in [0.05, 0.1) is 13.1 Å². The summed E-state index contributed by atoms with van der Waals surface area (Å²) in [5, 5.41) is 10.5. The van der Waals surface area contributed by atoms with Crippen molar-refractivity contribution in [1.82, 2.24) is 16.0 Å². The maximum absolute atomic E-state index is 11.7. The molecule has 114 valence electrons. The first-order chi connectivity index (χ1) is 10.1. The van der Waals surface area contributed by atoms with E-state index in [9.17, 15) is 14.4 Å². The lowest BCUT2D eigenvalue weighted by Gasteiger charge is -2.08.